The van der Waals surface area contributed by atoms with Crippen molar-refractivity contribution in [3.8, 4) is 0 Å². The number of aliphatic hydroxyl groups excluding tert-OH is 1. The van der Waals surface area contributed by atoms with Crippen molar-refractivity contribution < 1.29 is 9.84 Å². The third kappa shape index (κ3) is 3.00. The normalized spacial score (nSPS) is 16.6. The lowest BCUT2D eigenvalue weighted by Crippen LogP contribution is -2.38. The van der Waals surface area contributed by atoms with Crippen LogP contribution in [0.3, 0.4) is 0 Å². The van der Waals surface area contributed by atoms with Gasteiger partial charge in [0.1, 0.15) is 0 Å². The van der Waals surface area contributed by atoms with Crippen LogP contribution in [0.2, 0.25) is 0 Å². The summed E-state index contributed by atoms with van der Waals surface area (Å²) in [7, 11) is 1.72. The van der Waals surface area contributed by atoms with Gasteiger partial charge < -0.3 is 14.7 Å². The Morgan fingerprint density at radius 2 is 2.33 bits per heavy atom. The van der Waals surface area contributed by atoms with E-state index in [4.69, 9.17) is 4.74 Å². The van der Waals surface area contributed by atoms with Crippen LogP contribution in [-0.4, -0.2) is 36.4 Å². The molecule has 1 fully saturated rings. The number of aromatic nitrogens is 1. The summed E-state index contributed by atoms with van der Waals surface area (Å²) in [6, 6.07) is 2.36. The van der Waals surface area contributed by atoms with Crippen LogP contribution in [0.1, 0.15) is 25.3 Å². The van der Waals surface area contributed by atoms with Gasteiger partial charge in [0.25, 0.3) is 0 Å². The van der Waals surface area contributed by atoms with E-state index in [-0.39, 0.29) is 6.61 Å². The van der Waals surface area contributed by atoms with Crippen molar-refractivity contribution in [3.63, 3.8) is 0 Å². The van der Waals surface area contributed by atoms with Gasteiger partial charge >= 0.3 is 0 Å². The Morgan fingerprint density at radius 3 is 2.94 bits per heavy atom. The maximum Gasteiger partial charge on any atom is 0.0703 e. The molecule has 1 N–H and O–H groups in total. The molecule has 0 aliphatic heterocycles. The van der Waals surface area contributed by atoms with Crippen LogP contribution in [0.25, 0.3) is 0 Å². The van der Waals surface area contributed by atoms with Crippen molar-refractivity contribution in [2.24, 2.45) is 5.92 Å². The lowest BCUT2D eigenvalue weighted by atomic mass is 10.1. The van der Waals surface area contributed by atoms with E-state index in [2.05, 4.69) is 16.8 Å². The lowest BCUT2D eigenvalue weighted by Gasteiger charge is -2.32. The molecule has 2 rings (SSSR count). The Labute approximate surface area is 109 Å². The second-order valence-corrected chi connectivity index (χ2v) is 4.93. The lowest BCUT2D eigenvalue weighted by molar-refractivity contribution is 0.202. The van der Waals surface area contributed by atoms with Crippen molar-refractivity contribution in [1.29, 1.82) is 0 Å². The summed E-state index contributed by atoms with van der Waals surface area (Å²) >= 11 is 0. The molecule has 0 saturated heterocycles. The highest BCUT2D eigenvalue weighted by molar-refractivity contribution is 5.52. The Bertz CT molecular complexity index is 380. The van der Waals surface area contributed by atoms with Crippen molar-refractivity contribution in [2.75, 3.05) is 25.2 Å². The molecule has 100 valence electrons. The van der Waals surface area contributed by atoms with E-state index < -0.39 is 0 Å². The molecule has 1 unspecified atom stereocenters. The first kappa shape index (κ1) is 13.3. The summed E-state index contributed by atoms with van der Waals surface area (Å²) in [5.41, 5.74) is 1.98. The third-order valence-electron chi connectivity index (χ3n) is 3.70. The average molecular weight is 250 g/mol. The maximum atomic E-state index is 9.44. The zero-order chi connectivity index (χ0) is 13.0. The highest BCUT2D eigenvalue weighted by atomic mass is 16.5. The van der Waals surface area contributed by atoms with Gasteiger partial charge in [0.05, 0.1) is 25.1 Å². The van der Waals surface area contributed by atoms with Crippen LogP contribution in [0.5, 0.6) is 0 Å². The molecule has 4 heteroatoms. The first-order chi connectivity index (χ1) is 8.77. The van der Waals surface area contributed by atoms with E-state index in [9.17, 15) is 5.11 Å². The second-order valence-electron chi connectivity index (χ2n) is 4.93. The predicted octanol–water partition coefficient (Wildman–Crippen LogP) is 1.83. The first-order valence-corrected chi connectivity index (χ1v) is 6.57. The summed E-state index contributed by atoms with van der Waals surface area (Å²) in [4.78, 5) is 6.51. The van der Waals surface area contributed by atoms with E-state index in [1.54, 1.807) is 13.3 Å². The molecule has 4 nitrogen and oxygen atoms in total. The number of nitrogens with zero attached hydrogens (tertiary/aromatic N) is 2. The minimum atomic E-state index is 0.0543. The van der Waals surface area contributed by atoms with Gasteiger partial charge in [0, 0.05) is 31.5 Å². The molecular formula is C14H22N2O2. The summed E-state index contributed by atoms with van der Waals surface area (Å²) in [6.45, 7) is 3.84. The number of methoxy groups -OCH3 is 1. The number of hydrogen-bond acceptors (Lipinski definition) is 4. The molecule has 0 spiro atoms. The molecule has 1 aliphatic carbocycles. The molecular weight excluding hydrogens is 228 g/mol. The Balaban J connectivity index is 2.20. The van der Waals surface area contributed by atoms with Crippen LogP contribution in [0.15, 0.2) is 18.5 Å². The molecule has 1 heterocycles. The van der Waals surface area contributed by atoms with Crippen molar-refractivity contribution in [3.05, 3.63) is 24.0 Å². The molecule has 1 saturated carbocycles. The van der Waals surface area contributed by atoms with Gasteiger partial charge in [-0.15, -0.1) is 0 Å². The van der Waals surface area contributed by atoms with Crippen molar-refractivity contribution >= 4 is 5.69 Å². The van der Waals surface area contributed by atoms with Gasteiger partial charge in [-0.25, -0.2) is 0 Å². The van der Waals surface area contributed by atoms with E-state index in [0.29, 0.717) is 12.6 Å². The van der Waals surface area contributed by atoms with Crippen LogP contribution in [0, 0.1) is 5.92 Å². The molecule has 0 radical (unpaired) electrons. The van der Waals surface area contributed by atoms with Gasteiger partial charge in [-0.1, -0.05) is 0 Å². The molecule has 18 heavy (non-hydrogen) atoms. The molecule has 1 atom stereocenters. The fraction of sp³-hybridized carbons (Fsp3) is 0.643. The van der Waals surface area contributed by atoms with E-state index in [1.165, 1.54) is 12.8 Å². The van der Waals surface area contributed by atoms with Gasteiger partial charge in [-0.2, -0.15) is 0 Å². The second kappa shape index (κ2) is 6.16. The third-order valence-corrected chi connectivity index (χ3v) is 3.70. The number of rotatable bonds is 7. The van der Waals surface area contributed by atoms with E-state index in [1.807, 2.05) is 12.3 Å². The quantitative estimate of drug-likeness (QED) is 0.802. The number of pyridine rings is 1. The monoisotopic (exact) mass is 250 g/mol. The first-order valence-electron chi connectivity index (χ1n) is 6.57. The van der Waals surface area contributed by atoms with Gasteiger partial charge in [-0.05, 0) is 31.7 Å². The van der Waals surface area contributed by atoms with Crippen LogP contribution < -0.4 is 4.90 Å². The molecule has 0 aromatic carbocycles. The summed E-state index contributed by atoms with van der Waals surface area (Å²) in [6.07, 6.45) is 6.18. The Kier molecular flexibility index (Phi) is 4.55. The predicted molar refractivity (Wildman–Crippen MR) is 71.6 cm³/mol. The zero-order valence-electron chi connectivity index (χ0n) is 11.2. The molecule has 0 amide bonds. The highest BCUT2D eigenvalue weighted by Crippen LogP contribution is 2.37. The standard InChI is InChI=1S/C14H22N2O2/c1-11(12-3-4-12)16(7-8-18-2)14-9-15-6-5-13(14)10-17/h5-6,9,11-12,17H,3-4,7-8,10H2,1-2H3. The summed E-state index contributed by atoms with van der Waals surface area (Å²) in [5, 5.41) is 9.44. The number of aliphatic hydroxyl groups is 1. The topological polar surface area (TPSA) is 45.6 Å². The Hall–Kier alpha value is -1.13. The molecule has 0 bridgehead atoms. The summed E-state index contributed by atoms with van der Waals surface area (Å²) < 4.78 is 5.19. The SMILES string of the molecule is COCCN(c1cnccc1CO)C(C)C1CC1. The fourth-order valence-electron chi connectivity index (χ4n) is 2.37. The van der Waals surface area contributed by atoms with Crippen LogP contribution in [0.4, 0.5) is 5.69 Å². The van der Waals surface area contributed by atoms with Crippen molar-refractivity contribution in [2.45, 2.75) is 32.4 Å². The molecule has 1 aromatic heterocycles. The molecule has 1 aliphatic rings. The van der Waals surface area contributed by atoms with Crippen molar-refractivity contribution in [1.82, 2.24) is 4.98 Å². The highest BCUT2D eigenvalue weighted by Gasteiger charge is 2.32. The zero-order valence-corrected chi connectivity index (χ0v) is 11.2. The van der Waals surface area contributed by atoms with E-state index in [0.717, 1.165) is 23.7 Å². The number of anilines is 1. The fourth-order valence-corrected chi connectivity index (χ4v) is 2.37. The minimum absolute atomic E-state index is 0.0543. The Morgan fingerprint density at radius 1 is 1.56 bits per heavy atom. The largest absolute Gasteiger partial charge is 0.392 e. The molecule has 1 aromatic rings. The number of hydrogen-bond donors (Lipinski definition) is 1. The van der Waals surface area contributed by atoms with Gasteiger partial charge in [-0.3, -0.25) is 4.98 Å². The number of ether oxygens (including phenoxy) is 1. The van der Waals surface area contributed by atoms with Gasteiger partial charge in [0.2, 0.25) is 0 Å². The average Bonchev–Trinajstić information content (AvgIpc) is 3.23. The smallest absolute Gasteiger partial charge is 0.0703 e. The minimum Gasteiger partial charge on any atom is -0.392 e. The van der Waals surface area contributed by atoms with E-state index >= 15 is 0 Å². The van der Waals surface area contributed by atoms with Gasteiger partial charge in [0.15, 0.2) is 0 Å². The summed E-state index contributed by atoms with van der Waals surface area (Å²) in [5.74, 6) is 0.772. The van der Waals surface area contributed by atoms with Crippen LogP contribution >= 0.6 is 0 Å². The van der Waals surface area contributed by atoms with Crippen LogP contribution in [-0.2, 0) is 11.3 Å². The maximum absolute atomic E-state index is 9.44.